The molecule has 8 aromatic rings. The molecule has 0 spiro atoms. The van der Waals surface area contributed by atoms with Crippen LogP contribution in [0, 0.1) is 47.3 Å². The van der Waals surface area contributed by atoms with Crippen molar-refractivity contribution in [3.8, 4) is 26.3 Å². The molecule has 0 aliphatic rings. The van der Waals surface area contributed by atoms with Gasteiger partial charge >= 0.3 is 0 Å². The quantitative estimate of drug-likeness (QED) is 0.0801. The Labute approximate surface area is 476 Å². The smallest absolute Gasteiger partial charge is 0.101 e. The van der Waals surface area contributed by atoms with Gasteiger partial charge in [-0.2, -0.15) is 9.90 Å². The van der Waals surface area contributed by atoms with Crippen LogP contribution in [0.4, 0.5) is 0 Å². The summed E-state index contributed by atoms with van der Waals surface area (Å²) in [6.07, 6.45) is 5.04. The molecule has 1 unspecified atom stereocenters. The molecule has 8 aromatic carbocycles. The number of benzene rings is 8. The molecule has 0 saturated carbocycles. The topological polar surface area (TPSA) is 95.2 Å². The monoisotopic (exact) mass is 1550 g/mol. The van der Waals surface area contributed by atoms with E-state index in [1.165, 1.54) is 67.1 Å². The second-order valence-corrected chi connectivity index (χ2v) is 24.3. The van der Waals surface area contributed by atoms with Gasteiger partial charge in [0.2, 0.25) is 0 Å². The van der Waals surface area contributed by atoms with Crippen LogP contribution in [0.25, 0.3) is 0 Å². The molecule has 330 valence electrons. The molecule has 4 nitrogen and oxygen atoms in total. The van der Waals surface area contributed by atoms with Crippen LogP contribution in [-0.2, 0) is 83.0 Å². The molecule has 0 aromatic heterocycles. The van der Waals surface area contributed by atoms with Crippen molar-refractivity contribution in [1.29, 1.82) is 21.0 Å². The Morgan fingerprint density at radius 2 is 0.294 bits per heavy atom. The van der Waals surface area contributed by atoms with Crippen LogP contribution in [0.15, 0.2) is 243 Å². The third-order valence-electron chi connectivity index (χ3n) is 10.2. The maximum Gasteiger partial charge on any atom is 0.101 e. The fraction of sp³-hybridized carbons (Fsp3) is 0.0714. The Hall–Kier alpha value is -3.32. The number of rotatable bonds is 14. The average molecular weight is 1540 g/mol. The van der Waals surface area contributed by atoms with E-state index in [9.17, 15) is 0 Å². The van der Waals surface area contributed by atoms with Gasteiger partial charge < -0.3 is 0 Å². The largest absolute Gasteiger partial charge is 0.202 e. The first-order chi connectivity index (χ1) is 31.8. The van der Waals surface area contributed by atoms with E-state index in [1.807, 2.05) is 0 Å². The van der Waals surface area contributed by atoms with Gasteiger partial charge in [-0.15, -0.1) is 0 Å². The molecule has 0 fully saturated rings. The van der Waals surface area contributed by atoms with Gasteiger partial charge in [0.15, 0.2) is 0 Å². The van der Waals surface area contributed by atoms with Crippen molar-refractivity contribution in [2.45, 2.75) is 0 Å². The molecule has 68 heavy (non-hydrogen) atoms. The summed E-state index contributed by atoms with van der Waals surface area (Å²) in [7, 11) is -3.13. The van der Waals surface area contributed by atoms with Gasteiger partial charge in [-0.25, -0.2) is 21.0 Å². The Morgan fingerprint density at radius 3 is 0.382 bits per heavy atom. The molecular weight excluding hydrogens is 1490 g/mol. The SMILES string of the molecule is C#N.C#N.C#N.C#N.P.[Hg].[Hg].[Hg].c1ccc([PH+](CC[PH+](c2ccccc2)c2ccccc2)c2ccccc2)cc1.c1ccc([PH+](CC[PH+](c2ccccc2)c2ccccc2)c2ccccc2)cc1. The summed E-state index contributed by atoms with van der Waals surface area (Å²) in [4.78, 5) is 0. The van der Waals surface area contributed by atoms with Crippen molar-refractivity contribution in [2.75, 3.05) is 24.6 Å². The van der Waals surface area contributed by atoms with E-state index in [0.29, 0.717) is 0 Å². The zero-order valence-electron chi connectivity index (χ0n) is 38.8. The summed E-state index contributed by atoms with van der Waals surface area (Å²) >= 11 is 0. The van der Waals surface area contributed by atoms with E-state index in [4.69, 9.17) is 21.0 Å². The van der Waals surface area contributed by atoms with Crippen molar-refractivity contribution in [3.05, 3.63) is 243 Å². The van der Waals surface area contributed by atoms with Crippen molar-refractivity contribution >= 4 is 84.0 Å². The van der Waals surface area contributed by atoms with Crippen LogP contribution >= 0.6 is 41.6 Å². The van der Waals surface area contributed by atoms with E-state index in [2.05, 4.69) is 269 Å². The van der Waals surface area contributed by atoms with Gasteiger partial charge in [0.1, 0.15) is 24.6 Å². The van der Waals surface area contributed by atoms with Crippen LogP contribution in [0.3, 0.4) is 0 Å². The maximum atomic E-state index is 6.50. The molecule has 0 N–H and O–H groups in total. The summed E-state index contributed by atoms with van der Waals surface area (Å²) in [5, 5.41) is 38.1. The average Bonchev–Trinajstić information content (AvgIpc) is 3.41. The fourth-order valence-electron chi connectivity index (χ4n) is 7.44. The van der Waals surface area contributed by atoms with Crippen LogP contribution in [0.5, 0.6) is 0 Å². The summed E-state index contributed by atoms with van der Waals surface area (Å²) in [6, 6.07) is 89.0. The first-order valence-electron chi connectivity index (χ1n) is 20.7. The molecule has 0 saturated heterocycles. The van der Waals surface area contributed by atoms with Gasteiger partial charge in [-0.05, 0) is 97.1 Å². The van der Waals surface area contributed by atoms with Crippen LogP contribution in [-0.4, -0.2) is 24.6 Å². The summed E-state index contributed by atoms with van der Waals surface area (Å²) in [5.74, 6) is 0. The van der Waals surface area contributed by atoms with E-state index in [-0.39, 0.29) is 92.9 Å². The third-order valence-corrected chi connectivity index (χ3v) is 22.5. The van der Waals surface area contributed by atoms with Crippen molar-refractivity contribution in [2.24, 2.45) is 0 Å². The Bertz CT molecular complexity index is 1960. The zero-order valence-corrected chi connectivity index (χ0v) is 60.8. The maximum absolute atomic E-state index is 6.50. The van der Waals surface area contributed by atoms with Gasteiger partial charge in [0.25, 0.3) is 0 Å². The number of nitrogens with zero attached hydrogens (tertiary/aromatic N) is 4. The Kier molecular flexibility index (Phi) is 41.8. The van der Waals surface area contributed by atoms with E-state index in [1.54, 1.807) is 0 Å². The standard InChI is InChI=1S/2C26H24P2.4CHN.3Hg.H3P/c2*1-5-13-23(14-6-1)27(24-15-7-2-8-16-24)21-22-28(25-17-9-3-10-18-25)26-19-11-4-12-20-26;4*1-2;;;;/h2*1-20H,21-22H2;4*1H;;;;1H3/p+4. The zero-order chi connectivity index (χ0) is 46.0. The number of nitriles is 4. The molecule has 12 heteroatoms. The van der Waals surface area contributed by atoms with E-state index in [0.717, 1.165) is 0 Å². The van der Waals surface area contributed by atoms with Crippen molar-refractivity contribution in [3.63, 3.8) is 0 Å². The summed E-state index contributed by atoms with van der Waals surface area (Å²) in [6.45, 7) is 14.0. The molecule has 8 rings (SSSR count). The normalized spacial score (nSPS) is 9.24. The Morgan fingerprint density at radius 1 is 0.206 bits per heavy atom. The van der Waals surface area contributed by atoms with Crippen molar-refractivity contribution in [1.82, 2.24) is 0 Å². The number of hydrogen-bond acceptors (Lipinski definition) is 4. The fourth-order valence-corrected chi connectivity index (χ4v) is 19.8. The van der Waals surface area contributed by atoms with E-state index < -0.39 is 31.7 Å². The van der Waals surface area contributed by atoms with Gasteiger partial charge in [-0.3, -0.25) is 0 Å². The Balaban J connectivity index is 0. The minimum absolute atomic E-state index is 0. The molecule has 0 radical (unpaired) electrons. The predicted molar refractivity (Wildman–Crippen MR) is 299 cm³/mol. The van der Waals surface area contributed by atoms with Gasteiger partial charge in [0, 0.05) is 109 Å². The van der Waals surface area contributed by atoms with E-state index >= 15 is 0 Å². The minimum Gasteiger partial charge on any atom is -0.202 e. The third kappa shape index (κ3) is 22.6. The second kappa shape index (κ2) is 42.5. The minimum atomic E-state index is -0.783. The number of hydrogen-bond donors (Lipinski definition) is 0. The summed E-state index contributed by atoms with van der Waals surface area (Å²) < 4.78 is 0. The summed E-state index contributed by atoms with van der Waals surface area (Å²) in [5.41, 5.74) is 0. The van der Waals surface area contributed by atoms with Gasteiger partial charge in [0.05, 0.1) is 74.1 Å². The van der Waals surface area contributed by atoms with Crippen molar-refractivity contribution < 1.29 is 83.0 Å². The molecule has 0 aliphatic carbocycles. The predicted octanol–water partition coefficient (Wildman–Crippen LogP) is 10.0. The molecular formula is C56H59Hg3N4P5+4. The molecule has 0 bridgehead atoms. The second-order valence-electron chi connectivity index (χ2n) is 13.8. The molecule has 0 aliphatic heterocycles. The van der Waals surface area contributed by atoms with Crippen LogP contribution < -0.4 is 42.4 Å². The van der Waals surface area contributed by atoms with Crippen LogP contribution in [0.2, 0.25) is 0 Å². The molecule has 0 heterocycles. The molecule has 0 amide bonds. The molecule has 1 atom stereocenters. The first-order valence-corrected chi connectivity index (χ1v) is 27.6. The van der Waals surface area contributed by atoms with Crippen LogP contribution in [0.1, 0.15) is 0 Å². The first kappa shape index (κ1) is 66.8. The van der Waals surface area contributed by atoms with Gasteiger partial charge in [-0.1, -0.05) is 146 Å².